The second kappa shape index (κ2) is 7.03. The normalized spacial score (nSPS) is 13.7. The van der Waals surface area contributed by atoms with Crippen LogP contribution in [0.2, 0.25) is 0 Å². The summed E-state index contributed by atoms with van der Waals surface area (Å²) in [7, 11) is -3.19. The van der Waals surface area contributed by atoms with Crippen LogP contribution in [0, 0.1) is 0 Å². The summed E-state index contributed by atoms with van der Waals surface area (Å²) < 4.78 is 25.6. The minimum Gasteiger partial charge on any atom is -0.323 e. The van der Waals surface area contributed by atoms with Crippen molar-refractivity contribution < 1.29 is 8.42 Å². The molecule has 19 heavy (non-hydrogen) atoms. The zero-order valence-corrected chi connectivity index (χ0v) is 12.7. The monoisotopic (exact) mass is 284 g/mol. The van der Waals surface area contributed by atoms with Gasteiger partial charge >= 0.3 is 0 Å². The second-order valence-electron chi connectivity index (χ2n) is 5.10. The Kier molecular flexibility index (Phi) is 5.97. The third-order valence-electron chi connectivity index (χ3n) is 3.03. The van der Waals surface area contributed by atoms with Gasteiger partial charge in [-0.1, -0.05) is 45.0 Å². The largest absolute Gasteiger partial charge is 0.323 e. The van der Waals surface area contributed by atoms with Crippen LogP contribution in [0.5, 0.6) is 0 Å². The summed E-state index contributed by atoms with van der Waals surface area (Å²) in [5.74, 6) is 0.625. The lowest BCUT2D eigenvalue weighted by Gasteiger charge is -2.14. The highest BCUT2D eigenvalue weighted by Gasteiger charge is 2.12. The molecule has 1 atom stereocenters. The van der Waals surface area contributed by atoms with E-state index in [0.717, 1.165) is 5.56 Å². The molecule has 0 aliphatic heterocycles. The van der Waals surface area contributed by atoms with Gasteiger partial charge in [-0.25, -0.2) is 13.1 Å². The smallest absolute Gasteiger partial charge is 0.211 e. The van der Waals surface area contributed by atoms with Crippen molar-refractivity contribution in [3.05, 3.63) is 35.4 Å². The third kappa shape index (κ3) is 5.30. The molecule has 0 aliphatic rings. The van der Waals surface area contributed by atoms with Crippen molar-refractivity contribution in [1.29, 1.82) is 0 Å². The van der Waals surface area contributed by atoms with Crippen molar-refractivity contribution >= 4 is 10.0 Å². The Morgan fingerprint density at radius 2 is 1.68 bits per heavy atom. The molecular weight excluding hydrogens is 260 g/mol. The first kappa shape index (κ1) is 16.1. The summed E-state index contributed by atoms with van der Waals surface area (Å²) >= 11 is 0. The van der Waals surface area contributed by atoms with E-state index in [9.17, 15) is 8.42 Å². The lowest BCUT2D eigenvalue weighted by atomic mass is 9.99. The van der Waals surface area contributed by atoms with E-state index in [4.69, 9.17) is 5.73 Å². The van der Waals surface area contributed by atoms with Crippen molar-refractivity contribution in [2.24, 2.45) is 5.73 Å². The molecule has 0 spiro atoms. The van der Waals surface area contributed by atoms with Crippen LogP contribution in [0.15, 0.2) is 24.3 Å². The Labute approximate surface area is 116 Å². The van der Waals surface area contributed by atoms with Gasteiger partial charge in [0.2, 0.25) is 10.0 Å². The summed E-state index contributed by atoms with van der Waals surface area (Å²) in [6.45, 7) is 6.34. The van der Waals surface area contributed by atoms with Gasteiger partial charge in [-0.3, -0.25) is 0 Å². The lowest BCUT2D eigenvalue weighted by Crippen LogP contribution is -2.33. The number of benzene rings is 1. The van der Waals surface area contributed by atoms with Crippen molar-refractivity contribution in [1.82, 2.24) is 4.72 Å². The van der Waals surface area contributed by atoms with Crippen molar-refractivity contribution in [3.8, 4) is 0 Å². The average molecular weight is 284 g/mol. The molecule has 3 N–H and O–H groups in total. The zero-order valence-electron chi connectivity index (χ0n) is 11.9. The molecule has 108 valence electrons. The highest BCUT2D eigenvalue weighted by molar-refractivity contribution is 7.89. The van der Waals surface area contributed by atoms with Gasteiger partial charge in [0.1, 0.15) is 0 Å². The number of sulfonamides is 1. The van der Waals surface area contributed by atoms with Gasteiger partial charge in [-0.15, -0.1) is 0 Å². The quantitative estimate of drug-likeness (QED) is 0.805. The highest BCUT2D eigenvalue weighted by Crippen LogP contribution is 2.17. The minimum atomic E-state index is -3.19. The van der Waals surface area contributed by atoms with E-state index >= 15 is 0 Å². The first-order valence-corrected chi connectivity index (χ1v) is 8.33. The Morgan fingerprint density at radius 3 is 2.16 bits per heavy atom. The minimum absolute atomic E-state index is 0.145. The van der Waals surface area contributed by atoms with Crippen LogP contribution >= 0.6 is 0 Å². The van der Waals surface area contributed by atoms with Gasteiger partial charge in [0.15, 0.2) is 0 Å². The molecule has 5 heteroatoms. The van der Waals surface area contributed by atoms with Crippen LogP contribution < -0.4 is 10.5 Å². The third-order valence-corrected chi connectivity index (χ3v) is 4.58. The first-order chi connectivity index (χ1) is 8.85. The number of rotatable bonds is 7. The predicted octanol–water partition coefficient (Wildman–Crippen LogP) is 2.14. The van der Waals surface area contributed by atoms with Crippen LogP contribution in [0.3, 0.4) is 0 Å². The van der Waals surface area contributed by atoms with Crippen LogP contribution in [0.1, 0.15) is 50.3 Å². The van der Waals surface area contributed by atoms with Crippen LogP contribution in [0.4, 0.5) is 0 Å². The summed E-state index contributed by atoms with van der Waals surface area (Å²) in [6.07, 6.45) is 0.605. The Hall–Kier alpha value is -0.910. The molecule has 0 bridgehead atoms. The molecule has 0 unspecified atom stereocenters. The van der Waals surface area contributed by atoms with E-state index in [0.29, 0.717) is 12.3 Å². The van der Waals surface area contributed by atoms with E-state index in [1.807, 2.05) is 31.2 Å². The number of nitrogens with two attached hydrogens (primary N) is 1. The fourth-order valence-electron chi connectivity index (χ4n) is 1.80. The number of hydrogen-bond acceptors (Lipinski definition) is 3. The van der Waals surface area contributed by atoms with Crippen molar-refractivity contribution in [2.75, 3.05) is 12.3 Å². The molecule has 0 fully saturated rings. The molecule has 0 heterocycles. The maximum absolute atomic E-state index is 11.5. The average Bonchev–Trinajstić information content (AvgIpc) is 2.36. The van der Waals surface area contributed by atoms with Gasteiger partial charge in [-0.2, -0.15) is 0 Å². The Morgan fingerprint density at radius 1 is 1.16 bits per heavy atom. The molecular formula is C14H24N2O2S. The van der Waals surface area contributed by atoms with E-state index in [2.05, 4.69) is 18.6 Å². The van der Waals surface area contributed by atoms with E-state index in [1.54, 1.807) is 0 Å². The predicted molar refractivity (Wildman–Crippen MR) is 79.5 cm³/mol. The number of hydrogen-bond donors (Lipinski definition) is 2. The zero-order chi connectivity index (χ0) is 14.5. The molecule has 4 nitrogen and oxygen atoms in total. The van der Waals surface area contributed by atoms with E-state index in [1.165, 1.54) is 5.56 Å². The molecule has 0 amide bonds. The van der Waals surface area contributed by atoms with Crippen molar-refractivity contribution in [3.63, 3.8) is 0 Å². The van der Waals surface area contributed by atoms with Crippen LogP contribution in [-0.2, 0) is 10.0 Å². The Balaban J connectivity index is 2.61. The van der Waals surface area contributed by atoms with Gasteiger partial charge in [0, 0.05) is 12.6 Å². The van der Waals surface area contributed by atoms with Gasteiger partial charge in [-0.05, 0) is 23.5 Å². The molecule has 0 aromatic heterocycles. The van der Waals surface area contributed by atoms with E-state index < -0.39 is 10.0 Å². The van der Waals surface area contributed by atoms with Crippen molar-refractivity contribution in [2.45, 2.75) is 39.2 Å². The number of nitrogens with one attached hydrogen (secondary N) is 1. The van der Waals surface area contributed by atoms with Gasteiger partial charge < -0.3 is 5.73 Å². The molecule has 1 rings (SSSR count). The fourth-order valence-corrected chi connectivity index (χ4v) is 2.92. The standard InChI is InChI=1S/C14H24N2O2S/c1-4-9-19(17,18)16-10-14(15)13-7-5-12(6-8-13)11(2)3/h5-8,11,14,16H,4,9-10,15H2,1-3H3/t14-/m1/s1. The topological polar surface area (TPSA) is 72.2 Å². The summed E-state index contributed by atoms with van der Waals surface area (Å²) in [5.41, 5.74) is 8.20. The lowest BCUT2D eigenvalue weighted by molar-refractivity contribution is 0.571. The fraction of sp³-hybridized carbons (Fsp3) is 0.571. The Bertz CT molecular complexity index is 481. The summed E-state index contributed by atoms with van der Waals surface area (Å²) in [6, 6.07) is 7.70. The molecule has 1 aromatic rings. The van der Waals surface area contributed by atoms with Gasteiger partial charge in [0.25, 0.3) is 0 Å². The highest BCUT2D eigenvalue weighted by atomic mass is 32.2. The first-order valence-electron chi connectivity index (χ1n) is 6.68. The van der Waals surface area contributed by atoms with Gasteiger partial charge in [0.05, 0.1) is 5.75 Å². The SMILES string of the molecule is CCCS(=O)(=O)NC[C@@H](N)c1ccc(C(C)C)cc1. The second-order valence-corrected chi connectivity index (χ2v) is 7.02. The summed E-state index contributed by atoms with van der Waals surface area (Å²) in [5, 5.41) is 0. The maximum Gasteiger partial charge on any atom is 0.211 e. The molecule has 0 saturated heterocycles. The molecule has 0 radical (unpaired) electrons. The van der Waals surface area contributed by atoms with E-state index in [-0.39, 0.29) is 18.3 Å². The van der Waals surface area contributed by atoms with Crippen LogP contribution in [0.25, 0.3) is 0 Å². The molecule has 0 saturated carbocycles. The van der Waals surface area contributed by atoms with Crippen LogP contribution in [-0.4, -0.2) is 20.7 Å². The molecule has 1 aromatic carbocycles. The maximum atomic E-state index is 11.5. The summed E-state index contributed by atoms with van der Waals surface area (Å²) in [4.78, 5) is 0. The molecule has 0 aliphatic carbocycles.